The molecule has 3 aromatic heterocycles. The lowest BCUT2D eigenvalue weighted by Crippen LogP contribution is -2.37. The number of imidazole rings is 1. The Morgan fingerprint density at radius 1 is 0.969 bits per heavy atom. The number of morpholine rings is 1. The number of anilines is 1. The maximum Gasteiger partial charge on any atom is 0.227 e. The first-order chi connectivity index (χ1) is 15.6. The van der Waals surface area contributed by atoms with Crippen molar-refractivity contribution in [2.75, 3.05) is 31.2 Å². The molecule has 9 nitrogen and oxygen atoms in total. The van der Waals surface area contributed by atoms with Crippen LogP contribution < -0.4 is 4.90 Å². The van der Waals surface area contributed by atoms with E-state index in [1.165, 1.54) is 5.52 Å². The Morgan fingerprint density at radius 3 is 2.53 bits per heavy atom. The van der Waals surface area contributed by atoms with Crippen LogP contribution in [0.4, 0.5) is 5.95 Å². The summed E-state index contributed by atoms with van der Waals surface area (Å²) < 4.78 is 9.56. The van der Waals surface area contributed by atoms with Gasteiger partial charge in [0.15, 0.2) is 5.82 Å². The van der Waals surface area contributed by atoms with E-state index >= 15 is 0 Å². The van der Waals surface area contributed by atoms with Crippen LogP contribution in [0, 0.1) is 13.8 Å². The summed E-state index contributed by atoms with van der Waals surface area (Å²) in [7, 11) is 2.10. The van der Waals surface area contributed by atoms with Crippen molar-refractivity contribution in [1.29, 1.82) is 0 Å². The van der Waals surface area contributed by atoms with Gasteiger partial charge in [-0.15, -0.1) is 5.10 Å². The van der Waals surface area contributed by atoms with Gasteiger partial charge in [-0.05, 0) is 32.4 Å². The van der Waals surface area contributed by atoms with Crippen molar-refractivity contribution in [2.24, 2.45) is 7.05 Å². The van der Waals surface area contributed by atoms with Crippen molar-refractivity contribution < 1.29 is 4.74 Å². The summed E-state index contributed by atoms with van der Waals surface area (Å²) in [5.41, 5.74) is 3.25. The van der Waals surface area contributed by atoms with Crippen LogP contribution in [0.5, 0.6) is 0 Å². The van der Waals surface area contributed by atoms with E-state index in [1.54, 1.807) is 0 Å². The fraction of sp³-hybridized carbons (Fsp3) is 0.435. The number of hydrogen-bond acceptors (Lipinski definition) is 7. The Balaban J connectivity index is 1.39. The predicted molar refractivity (Wildman–Crippen MR) is 120 cm³/mol. The molecule has 0 bridgehead atoms. The lowest BCUT2D eigenvalue weighted by Gasteiger charge is -2.27. The summed E-state index contributed by atoms with van der Waals surface area (Å²) in [5, 5.41) is 4.56. The molecule has 1 aliphatic carbocycles. The minimum absolute atomic E-state index is 0.317. The van der Waals surface area contributed by atoms with E-state index in [0.717, 1.165) is 60.0 Å². The molecule has 2 fully saturated rings. The summed E-state index contributed by atoms with van der Waals surface area (Å²) >= 11 is 0. The van der Waals surface area contributed by atoms with E-state index in [4.69, 9.17) is 19.7 Å². The molecule has 2 atom stereocenters. The molecule has 1 aliphatic heterocycles. The van der Waals surface area contributed by atoms with Crippen LogP contribution in [-0.4, -0.2) is 60.6 Å². The van der Waals surface area contributed by atoms with E-state index in [-0.39, 0.29) is 0 Å². The molecule has 0 amide bonds. The smallest absolute Gasteiger partial charge is 0.227 e. The average molecular weight is 431 g/mol. The van der Waals surface area contributed by atoms with E-state index in [1.807, 2.05) is 24.6 Å². The number of ether oxygens (including phenoxy) is 1. The number of rotatable bonds is 4. The van der Waals surface area contributed by atoms with Gasteiger partial charge in [0.05, 0.1) is 29.9 Å². The van der Waals surface area contributed by atoms with Crippen molar-refractivity contribution in [3.63, 3.8) is 0 Å². The number of fused-ring (bicyclic) bond motifs is 1. The largest absolute Gasteiger partial charge is 0.378 e. The molecule has 2 aliphatic rings. The first-order valence-corrected chi connectivity index (χ1v) is 11.1. The summed E-state index contributed by atoms with van der Waals surface area (Å²) in [4.78, 5) is 21.4. The highest BCUT2D eigenvalue weighted by Gasteiger charge is 2.44. The van der Waals surface area contributed by atoms with Gasteiger partial charge in [0.2, 0.25) is 5.95 Å². The summed E-state index contributed by atoms with van der Waals surface area (Å²) in [6, 6.07) is 10.4. The molecule has 9 heteroatoms. The molecular formula is C23H26N8O. The number of nitrogens with zero attached hydrogens (tertiary/aromatic N) is 8. The molecule has 0 radical (unpaired) electrons. The third kappa shape index (κ3) is 3.24. The first kappa shape index (κ1) is 19.4. The molecule has 6 rings (SSSR count). The number of para-hydroxylation sites is 2. The Kier molecular flexibility index (Phi) is 4.46. The minimum atomic E-state index is 0.317. The van der Waals surface area contributed by atoms with Crippen LogP contribution in [-0.2, 0) is 11.8 Å². The fourth-order valence-electron chi connectivity index (χ4n) is 4.68. The van der Waals surface area contributed by atoms with Gasteiger partial charge in [0.25, 0.3) is 0 Å². The van der Waals surface area contributed by atoms with E-state index < -0.39 is 0 Å². The van der Waals surface area contributed by atoms with Crippen molar-refractivity contribution in [3.8, 4) is 5.82 Å². The van der Waals surface area contributed by atoms with Gasteiger partial charge in [-0.2, -0.15) is 9.67 Å². The summed E-state index contributed by atoms with van der Waals surface area (Å²) in [6.07, 6.45) is 1.03. The van der Waals surface area contributed by atoms with Gasteiger partial charge in [-0.3, -0.25) is 0 Å². The Hall–Kier alpha value is -3.33. The highest BCUT2D eigenvalue weighted by molar-refractivity contribution is 5.76. The van der Waals surface area contributed by atoms with Gasteiger partial charge in [0.1, 0.15) is 17.5 Å². The number of hydrogen-bond donors (Lipinski definition) is 0. The van der Waals surface area contributed by atoms with Crippen LogP contribution in [0.1, 0.15) is 41.4 Å². The van der Waals surface area contributed by atoms with Gasteiger partial charge >= 0.3 is 0 Å². The topological polar surface area (TPSA) is 86.8 Å². The molecule has 1 saturated heterocycles. The van der Waals surface area contributed by atoms with E-state index in [2.05, 4.69) is 50.9 Å². The molecule has 1 saturated carbocycles. The van der Waals surface area contributed by atoms with Gasteiger partial charge < -0.3 is 14.2 Å². The SMILES string of the molecule is Cc1nc(C)n(-c2cc(C3C[C@@H]3c3nc4ccccc4n3C)nc(N3CCOCC3)n2)n1. The quantitative estimate of drug-likeness (QED) is 0.492. The van der Waals surface area contributed by atoms with Gasteiger partial charge in [-0.25, -0.2) is 15.0 Å². The van der Waals surface area contributed by atoms with Crippen LogP contribution in [0.3, 0.4) is 0 Å². The lowest BCUT2D eigenvalue weighted by atomic mass is 10.2. The van der Waals surface area contributed by atoms with Gasteiger partial charge in [-0.1, -0.05) is 12.1 Å². The molecule has 1 unspecified atom stereocenters. The molecule has 164 valence electrons. The molecule has 32 heavy (non-hydrogen) atoms. The predicted octanol–water partition coefficient (Wildman–Crippen LogP) is 2.67. The van der Waals surface area contributed by atoms with Crippen molar-refractivity contribution in [1.82, 2.24) is 34.3 Å². The van der Waals surface area contributed by atoms with Crippen LogP contribution in [0.2, 0.25) is 0 Å². The average Bonchev–Trinajstić information content (AvgIpc) is 3.44. The zero-order valence-corrected chi connectivity index (χ0v) is 18.6. The highest BCUT2D eigenvalue weighted by Crippen LogP contribution is 2.54. The third-order valence-corrected chi connectivity index (χ3v) is 6.43. The zero-order chi connectivity index (χ0) is 21.8. The Morgan fingerprint density at radius 2 is 1.78 bits per heavy atom. The minimum Gasteiger partial charge on any atom is -0.378 e. The molecule has 1 aromatic carbocycles. The maximum atomic E-state index is 5.53. The molecule has 0 N–H and O–H groups in total. The van der Waals surface area contributed by atoms with Gasteiger partial charge in [0, 0.05) is 38.0 Å². The number of aromatic nitrogens is 7. The highest BCUT2D eigenvalue weighted by atomic mass is 16.5. The van der Waals surface area contributed by atoms with Crippen LogP contribution in [0.25, 0.3) is 16.9 Å². The molecule has 4 aromatic rings. The normalized spacial score (nSPS) is 20.8. The second kappa shape index (κ2) is 7.37. The van der Waals surface area contributed by atoms with Crippen LogP contribution in [0.15, 0.2) is 30.3 Å². The lowest BCUT2D eigenvalue weighted by molar-refractivity contribution is 0.122. The monoisotopic (exact) mass is 430 g/mol. The van der Waals surface area contributed by atoms with E-state index in [0.29, 0.717) is 25.0 Å². The second-order valence-electron chi connectivity index (χ2n) is 8.63. The first-order valence-electron chi connectivity index (χ1n) is 11.1. The van der Waals surface area contributed by atoms with Crippen molar-refractivity contribution >= 4 is 17.0 Å². The van der Waals surface area contributed by atoms with Crippen molar-refractivity contribution in [3.05, 3.63) is 53.5 Å². The molecule has 4 heterocycles. The summed E-state index contributed by atoms with van der Waals surface area (Å²) in [5.74, 6) is 4.86. The Bertz CT molecular complexity index is 1300. The molecular weight excluding hydrogens is 404 g/mol. The zero-order valence-electron chi connectivity index (χ0n) is 18.6. The van der Waals surface area contributed by atoms with Crippen molar-refractivity contribution in [2.45, 2.75) is 32.1 Å². The van der Waals surface area contributed by atoms with E-state index in [9.17, 15) is 0 Å². The third-order valence-electron chi connectivity index (χ3n) is 6.43. The second-order valence-corrected chi connectivity index (χ2v) is 8.63. The summed E-state index contributed by atoms with van der Waals surface area (Å²) in [6.45, 7) is 6.81. The van der Waals surface area contributed by atoms with Crippen LogP contribution >= 0.6 is 0 Å². The molecule has 0 spiro atoms. The maximum absolute atomic E-state index is 5.53. The number of aryl methyl sites for hydroxylation is 3. The fourth-order valence-corrected chi connectivity index (χ4v) is 4.68. The Labute approximate surface area is 186 Å². The standard InChI is InChI=1S/C23H26N8O/c1-14-24-15(2)31(28-14)21-13-19(26-23(27-21)30-8-10-32-11-9-30)16-12-17(16)22-25-18-6-4-5-7-20(18)29(22)3/h4-7,13,16-17H,8-12H2,1-3H3/t16?,17-/m0/s1. The number of benzene rings is 1.